The van der Waals surface area contributed by atoms with Gasteiger partial charge in [0.1, 0.15) is 11.6 Å². The Morgan fingerprint density at radius 3 is 2.42 bits per heavy atom. The molecule has 0 radical (unpaired) electrons. The third-order valence-electron chi connectivity index (χ3n) is 5.45. The minimum absolute atomic E-state index is 0.0870. The number of carbonyl (C=O) groups excluding carboxylic acids is 1. The number of benzene rings is 2. The molecular formula is C24H20F4N2O3. The molecule has 1 heterocycles. The first kappa shape index (κ1) is 22.6. The molecule has 1 aliphatic rings. The lowest BCUT2D eigenvalue weighted by Crippen LogP contribution is -2.36. The number of carbonyl (C=O) groups is 1. The van der Waals surface area contributed by atoms with Gasteiger partial charge in [-0.05, 0) is 67.3 Å². The number of pyridine rings is 1. The molecule has 5 nitrogen and oxygen atoms in total. The summed E-state index contributed by atoms with van der Waals surface area (Å²) in [4.78, 5) is 21.3. The van der Waals surface area contributed by atoms with Crippen LogP contribution < -0.4 is 15.1 Å². The van der Waals surface area contributed by atoms with Gasteiger partial charge in [0.2, 0.25) is 5.88 Å². The molecule has 1 aromatic heterocycles. The maximum Gasteiger partial charge on any atom is 0.416 e. The van der Waals surface area contributed by atoms with E-state index in [1.54, 1.807) is 25.1 Å². The van der Waals surface area contributed by atoms with Gasteiger partial charge in [-0.25, -0.2) is 9.37 Å². The van der Waals surface area contributed by atoms with E-state index in [9.17, 15) is 22.4 Å². The molecule has 1 saturated carbocycles. The van der Waals surface area contributed by atoms with Crippen molar-refractivity contribution in [2.75, 3.05) is 0 Å². The van der Waals surface area contributed by atoms with Crippen molar-refractivity contribution in [3.05, 3.63) is 71.7 Å². The minimum atomic E-state index is -4.55. The Kier molecular flexibility index (Phi) is 6.22. The quantitative estimate of drug-likeness (QED) is 0.351. The van der Waals surface area contributed by atoms with Gasteiger partial charge >= 0.3 is 6.18 Å². The maximum atomic E-state index is 13.3. The van der Waals surface area contributed by atoms with Crippen molar-refractivity contribution in [2.24, 2.45) is 5.92 Å². The number of hydroxylamine groups is 1. The molecule has 4 rings (SSSR count). The van der Waals surface area contributed by atoms with Crippen LogP contribution in [0.25, 0.3) is 11.1 Å². The van der Waals surface area contributed by atoms with Crippen molar-refractivity contribution in [1.82, 2.24) is 10.5 Å². The molecule has 0 saturated heterocycles. The zero-order chi connectivity index (χ0) is 23.6. The Bertz CT molecular complexity index is 1160. The second-order valence-corrected chi connectivity index (χ2v) is 7.80. The number of aromatic nitrogens is 1. The number of aryl methyl sites for hydroxylation is 1. The Morgan fingerprint density at radius 1 is 1.06 bits per heavy atom. The first-order chi connectivity index (χ1) is 15.7. The summed E-state index contributed by atoms with van der Waals surface area (Å²) in [6, 6.07) is 10.4. The molecule has 2 aromatic carbocycles. The smallest absolute Gasteiger partial charge is 0.416 e. The predicted octanol–water partition coefficient (Wildman–Crippen LogP) is 6.22. The van der Waals surface area contributed by atoms with E-state index in [4.69, 9.17) is 9.57 Å². The average molecular weight is 460 g/mol. The SMILES string of the molecule is Cc1cc(-c2cc(C(F)(F)F)ccc2ONC(=O)C2CCC2)ccc1Oc1ccc(F)cn1. The van der Waals surface area contributed by atoms with Crippen LogP contribution in [-0.2, 0) is 11.0 Å². The molecule has 0 unspecified atom stereocenters. The molecule has 0 spiro atoms. The lowest BCUT2D eigenvalue weighted by Gasteiger charge is -2.24. The molecule has 1 aliphatic carbocycles. The molecule has 33 heavy (non-hydrogen) atoms. The fraction of sp³-hybridized carbons (Fsp3) is 0.250. The molecule has 9 heteroatoms. The van der Waals surface area contributed by atoms with E-state index in [2.05, 4.69) is 10.5 Å². The lowest BCUT2D eigenvalue weighted by molar-refractivity contribution is -0.138. The van der Waals surface area contributed by atoms with E-state index in [1.165, 1.54) is 18.2 Å². The van der Waals surface area contributed by atoms with Gasteiger partial charge in [-0.3, -0.25) is 4.79 Å². The molecule has 172 valence electrons. The predicted molar refractivity (Wildman–Crippen MR) is 112 cm³/mol. The molecule has 1 amide bonds. The lowest BCUT2D eigenvalue weighted by atomic mass is 9.85. The number of halogens is 4. The van der Waals surface area contributed by atoms with Crippen LogP contribution in [0.3, 0.4) is 0 Å². The number of alkyl halides is 3. The van der Waals surface area contributed by atoms with Gasteiger partial charge in [-0.1, -0.05) is 12.5 Å². The zero-order valence-corrected chi connectivity index (χ0v) is 17.6. The van der Waals surface area contributed by atoms with Crippen molar-refractivity contribution >= 4 is 5.91 Å². The van der Waals surface area contributed by atoms with Crippen LogP contribution in [0.5, 0.6) is 17.4 Å². The fourth-order valence-corrected chi connectivity index (χ4v) is 3.35. The van der Waals surface area contributed by atoms with Gasteiger partial charge in [0.05, 0.1) is 11.8 Å². The minimum Gasteiger partial charge on any atom is -0.439 e. The highest BCUT2D eigenvalue weighted by molar-refractivity contribution is 5.79. The second kappa shape index (κ2) is 9.09. The van der Waals surface area contributed by atoms with Crippen LogP contribution in [0.4, 0.5) is 17.6 Å². The number of hydrogen-bond donors (Lipinski definition) is 1. The monoisotopic (exact) mass is 460 g/mol. The Labute approximate surface area is 187 Å². The van der Waals surface area contributed by atoms with Gasteiger partial charge in [-0.2, -0.15) is 18.7 Å². The highest BCUT2D eigenvalue weighted by Gasteiger charge is 2.32. The fourth-order valence-electron chi connectivity index (χ4n) is 3.35. The summed E-state index contributed by atoms with van der Waals surface area (Å²) in [6.45, 7) is 1.72. The van der Waals surface area contributed by atoms with Gasteiger partial charge in [0.25, 0.3) is 5.91 Å². The summed E-state index contributed by atoms with van der Waals surface area (Å²) in [6.07, 6.45) is -1.04. The number of rotatable bonds is 6. The van der Waals surface area contributed by atoms with E-state index < -0.39 is 17.6 Å². The van der Waals surface area contributed by atoms with Crippen molar-refractivity contribution in [3.63, 3.8) is 0 Å². The Balaban J connectivity index is 1.62. The average Bonchev–Trinajstić information content (AvgIpc) is 2.73. The van der Waals surface area contributed by atoms with E-state index in [1.807, 2.05) is 0 Å². The molecule has 0 bridgehead atoms. The number of amides is 1. The van der Waals surface area contributed by atoms with Crippen LogP contribution in [0, 0.1) is 18.7 Å². The highest BCUT2D eigenvalue weighted by atomic mass is 19.4. The second-order valence-electron chi connectivity index (χ2n) is 7.80. The molecule has 1 N–H and O–H groups in total. The largest absolute Gasteiger partial charge is 0.439 e. The summed E-state index contributed by atoms with van der Waals surface area (Å²) in [5.41, 5.74) is 2.71. The van der Waals surface area contributed by atoms with Gasteiger partial charge in [0.15, 0.2) is 5.75 Å². The summed E-state index contributed by atoms with van der Waals surface area (Å²) in [5.74, 6) is -0.264. The number of ether oxygens (including phenoxy) is 1. The molecule has 0 aliphatic heterocycles. The summed E-state index contributed by atoms with van der Waals surface area (Å²) < 4.78 is 58.7. The summed E-state index contributed by atoms with van der Waals surface area (Å²) in [7, 11) is 0. The zero-order valence-electron chi connectivity index (χ0n) is 17.6. The molecule has 0 atom stereocenters. The normalized spacial score (nSPS) is 13.8. The number of nitrogens with zero attached hydrogens (tertiary/aromatic N) is 1. The van der Waals surface area contributed by atoms with Gasteiger partial charge < -0.3 is 9.57 Å². The van der Waals surface area contributed by atoms with Crippen LogP contribution >= 0.6 is 0 Å². The Hall–Kier alpha value is -3.62. The summed E-state index contributed by atoms with van der Waals surface area (Å²) >= 11 is 0. The van der Waals surface area contributed by atoms with E-state index >= 15 is 0 Å². The number of hydrogen-bond acceptors (Lipinski definition) is 4. The van der Waals surface area contributed by atoms with Crippen LogP contribution in [0.15, 0.2) is 54.7 Å². The van der Waals surface area contributed by atoms with Crippen LogP contribution in [0.2, 0.25) is 0 Å². The first-order valence-electron chi connectivity index (χ1n) is 10.3. The topological polar surface area (TPSA) is 60.5 Å². The van der Waals surface area contributed by atoms with E-state index in [0.717, 1.165) is 37.6 Å². The Morgan fingerprint density at radius 2 is 1.82 bits per heavy atom. The van der Waals surface area contributed by atoms with Gasteiger partial charge in [0, 0.05) is 17.5 Å². The van der Waals surface area contributed by atoms with Crippen LogP contribution in [-0.4, -0.2) is 10.9 Å². The first-order valence-corrected chi connectivity index (χ1v) is 10.3. The van der Waals surface area contributed by atoms with E-state index in [0.29, 0.717) is 16.9 Å². The third-order valence-corrected chi connectivity index (χ3v) is 5.45. The number of nitrogens with one attached hydrogen (secondary N) is 1. The van der Waals surface area contributed by atoms with Crippen molar-refractivity contribution in [3.8, 4) is 28.5 Å². The van der Waals surface area contributed by atoms with E-state index in [-0.39, 0.29) is 29.0 Å². The van der Waals surface area contributed by atoms with Crippen molar-refractivity contribution in [1.29, 1.82) is 0 Å². The molecular weight excluding hydrogens is 440 g/mol. The maximum absolute atomic E-state index is 13.3. The molecule has 1 fully saturated rings. The summed E-state index contributed by atoms with van der Waals surface area (Å²) in [5, 5.41) is 0. The van der Waals surface area contributed by atoms with Crippen LogP contribution in [0.1, 0.15) is 30.4 Å². The third kappa shape index (κ3) is 5.24. The van der Waals surface area contributed by atoms with Crippen molar-refractivity contribution in [2.45, 2.75) is 32.4 Å². The van der Waals surface area contributed by atoms with Crippen molar-refractivity contribution < 1.29 is 31.9 Å². The highest BCUT2D eigenvalue weighted by Crippen LogP contribution is 2.39. The standard InChI is InChI=1S/C24H20F4N2O3/c1-14-11-16(5-8-20(14)32-22-10-7-18(25)13-29-22)19-12-17(24(26,27)28)6-9-21(19)33-30-23(31)15-3-2-4-15/h5-13,15H,2-4H2,1H3,(H,30,31). The molecule has 3 aromatic rings. The van der Waals surface area contributed by atoms with Gasteiger partial charge in [-0.15, -0.1) is 0 Å².